The van der Waals surface area contributed by atoms with E-state index >= 15 is 0 Å². The molecule has 1 heterocycles. The number of hydrogen-bond donors (Lipinski definition) is 3. The van der Waals surface area contributed by atoms with Crippen LogP contribution in [-0.4, -0.2) is 61.5 Å². The smallest absolute Gasteiger partial charge is 0.316 e. The summed E-state index contributed by atoms with van der Waals surface area (Å²) in [4.78, 5) is 15.5. The highest BCUT2D eigenvalue weighted by atomic mass is 16.5. The lowest BCUT2D eigenvalue weighted by Gasteiger charge is -2.37. The number of aliphatic hydroxyl groups excluding tert-OH is 1. The SMILES string of the molecule is Cc1cccc(N2CCN(C[C@H](O)COc3ccc(NC(N)=O)cc3)CC2)c1. The lowest BCUT2D eigenvalue weighted by atomic mass is 10.2. The summed E-state index contributed by atoms with van der Waals surface area (Å²) >= 11 is 0. The van der Waals surface area contributed by atoms with Gasteiger partial charge in [0, 0.05) is 44.1 Å². The standard InChI is InChI=1S/C21H28N4O3/c1-16-3-2-4-18(13-16)25-11-9-24(10-12-25)14-19(26)15-28-20-7-5-17(6-8-20)23-21(22)27/h2-8,13,19,26H,9-12,14-15H2,1H3,(H3,22,23,27)/t19-/m0/s1. The number of urea groups is 1. The Hall–Kier alpha value is -2.77. The number of hydrogen-bond acceptors (Lipinski definition) is 5. The van der Waals surface area contributed by atoms with Crippen LogP contribution < -0.4 is 20.7 Å². The lowest BCUT2D eigenvalue weighted by Crippen LogP contribution is -2.49. The second-order valence-electron chi connectivity index (χ2n) is 7.11. The van der Waals surface area contributed by atoms with Crippen molar-refractivity contribution in [3.05, 3.63) is 54.1 Å². The molecule has 0 saturated carbocycles. The topological polar surface area (TPSA) is 91.1 Å². The zero-order valence-corrected chi connectivity index (χ0v) is 16.2. The van der Waals surface area contributed by atoms with Crippen LogP contribution in [0.2, 0.25) is 0 Å². The molecule has 4 N–H and O–H groups in total. The van der Waals surface area contributed by atoms with E-state index in [4.69, 9.17) is 10.5 Å². The van der Waals surface area contributed by atoms with Crippen molar-refractivity contribution in [3.8, 4) is 5.75 Å². The molecule has 0 radical (unpaired) electrons. The van der Waals surface area contributed by atoms with Gasteiger partial charge >= 0.3 is 6.03 Å². The third-order valence-corrected chi connectivity index (χ3v) is 4.77. The molecule has 7 heteroatoms. The summed E-state index contributed by atoms with van der Waals surface area (Å²) in [6.07, 6.45) is -0.561. The maximum absolute atomic E-state index is 10.8. The zero-order chi connectivity index (χ0) is 19.9. The Morgan fingerprint density at radius 1 is 1.18 bits per heavy atom. The summed E-state index contributed by atoms with van der Waals surface area (Å²) in [6, 6.07) is 14.8. The predicted octanol–water partition coefficient (Wildman–Crippen LogP) is 2.05. The number of benzene rings is 2. The van der Waals surface area contributed by atoms with Gasteiger partial charge in [0.2, 0.25) is 0 Å². The molecular weight excluding hydrogens is 356 g/mol. The second-order valence-corrected chi connectivity index (χ2v) is 7.11. The molecule has 1 atom stereocenters. The van der Waals surface area contributed by atoms with Gasteiger partial charge in [-0.3, -0.25) is 4.90 Å². The Kier molecular flexibility index (Phi) is 6.73. The number of nitrogens with one attached hydrogen (secondary N) is 1. The van der Waals surface area contributed by atoms with Crippen molar-refractivity contribution in [2.24, 2.45) is 5.73 Å². The molecule has 1 fully saturated rings. The number of amides is 2. The average molecular weight is 384 g/mol. The molecule has 1 saturated heterocycles. The average Bonchev–Trinajstić information content (AvgIpc) is 2.68. The first-order valence-corrected chi connectivity index (χ1v) is 9.51. The van der Waals surface area contributed by atoms with E-state index in [1.54, 1.807) is 24.3 Å². The summed E-state index contributed by atoms with van der Waals surface area (Å²) in [5.74, 6) is 0.637. The molecular formula is C21H28N4O3. The summed E-state index contributed by atoms with van der Waals surface area (Å²) < 4.78 is 5.64. The van der Waals surface area contributed by atoms with Crippen molar-refractivity contribution >= 4 is 17.4 Å². The molecule has 150 valence electrons. The first-order chi connectivity index (χ1) is 13.5. The number of β-amino-alcohol motifs (C(OH)–C–C–N with tert-alkyl or cyclic N) is 1. The third-order valence-electron chi connectivity index (χ3n) is 4.77. The van der Waals surface area contributed by atoms with Crippen LogP contribution in [0.25, 0.3) is 0 Å². The van der Waals surface area contributed by atoms with E-state index in [0.29, 0.717) is 18.0 Å². The highest BCUT2D eigenvalue weighted by molar-refractivity contribution is 5.87. The molecule has 0 unspecified atom stereocenters. The number of aliphatic hydroxyl groups is 1. The van der Waals surface area contributed by atoms with Gasteiger partial charge in [-0.25, -0.2) is 4.79 Å². The van der Waals surface area contributed by atoms with Crippen LogP contribution in [0.1, 0.15) is 5.56 Å². The Bertz CT molecular complexity index is 773. The Morgan fingerprint density at radius 3 is 2.54 bits per heavy atom. The van der Waals surface area contributed by atoms with Crippen LogP contribution in [0.15, 0.2) is 48.5 Å². The van der Waals surface area contributed by atoms with Gasteiger partial charge in [0.1, 0.15) is 18.5 Å². The number of ether oxygens (including phenoxy) is 1. The fourth-order valence-corrected chi connectivity index (χ4v) is 3.33. The maximum Gasteiger partial charge on any atom is 0.316 e. The quantitative estimate of drug-likeness (QED) is 0.680. The molecule has 2 amide bonds. The van der Waals surface area contributed by atoms with E-state index in [9.17, 15) is 9.90 Å². The van der Waals surface area contributed by atoms with Crippen molar-refractivity contribution in [1.29, 1.82) is 0 Å². The predicted molar refractivity (Wildman–Crippen MR) is 111 cm³/mol. The summed E-state index contributed by atoms with van der Waals surface area (Å²) in [5.41, 5.74) is 8.21. The Morgan fingerprint density at radius 2 is 1.89 bits per heavy atom. The number of carbonyl (C=O) groups excluding carboxylic acids is 1. The largest absolute Gasteiger partial charge is 0.491 e. The van der Waals surface area contributed by atoms with Gasteiger partial charge in [0.05, 0.1) is 0 Å². The second kappa shape index (κ2) is 9.43. The number of carbonyl (C=O) groups is 1. The van der Waals surface area contributed by atoms with Crippen LogP contribution in [0.4, 0.5) is 16.2 Å². The molecule has 3 rings (SSSR count). The normalized spacial score (nSPS) is 15.9. The van der Waals surface area contributed by atoms with Gasteiger partial charge in [-0.05, 0) is 48.9 Å². The molecule has 0 bridgehead atoms. The highest BCUT2D eigenvalue weighted by Gasteiger charge is 2.19. The van der Waals surface area contributed by atoms with E-state index in [0.717, 1.165) is 26.2 Å². The molecule has 0 aromatic heterocycles. The van der Waals surface area contributed by atoms with Crippen molar-refractivity contribution in [1.82, 2.24) is 4.90 Å². The molecule has 7 nitrogen and oxygen atoms in total. The van der Waals surface area contributed by atoms with Gasteiger partial charge in [-0.2, -0.15) is 0 Å². The van der Waals surface area contributed by atoms with Crippen LogP contribution >= 0.6 is 0 Å². The summed E-state index contributed by atoms with van der Waals surface area (Å²) in [7, 11) is 0. The van der Waals surface area contributed by atoms with E-state index < -0.39 is 12.1 Å². The zero-order valence-electron chi connectivity index (χ0n) is 16.2. The number of anilines is 2. The van der Waals surface area contributed by atoms with Crippen molar-refractivity contribution in [3.63, 3.8) is 0 Å². The number of nitrogens with zero attached hydrogens (tertiary/aromatic N) is 2. The van der Waals surface area contributed by atoms with Gasteiger partial charge in [0.25, 0.3) is 0 Å². The molecule has 0 spiro atoms. The van der Waals surface area contributed by atoms with E-state index in [-0.39, 0.29) is 6.61 Å². The number of piperazine rings is 1. The summed E-state index contributed by atoms with van der Waals surface area (Å²) in [5, 5.41) is 12.8. The lowest BCUT2D eigenvalue weighted by molar-refractivity contribution is 0.0663. The highest BCUT2D eigenvalue weighted by Crippen LogP contribution is 2.18. The van der Waals surface area contributed by atoms with Crippen molar-refractivity contribution in [2.75, 3.05) is 49.5 Å². The minimum atomic E-state index is -0.605. The molecule has 2 aromatic rings. The van der Waals surface area contributed by atoms with Gasteiger partial charge in [0.15, 0.2) is 0 Å². The number of nitrogens with two attached hydrogens (primary N) is 1. The van der Waals surface area contributed by atoms with Crippen LogP contribution in [-0.2, 0) is 0 Å². The maximum atomic E-state index is 10.8. The fraction of sp³-hybridized carbons (Fsp3) is 0.381. The summed E-state index contributed by atoms with van der Waals surface area (Å²) in [6.45, 7) is 6.65. The van der Waals surface area contributed by atoms with Gasteiger partial charge in [-0.15, -0.1) is 0 Å². The van der Waals surface area contributed by atoms with E-state index in [1.807, 2.05) is 0 Å². The minimum Gasteiger partial charge on any atom is -0.491 e. The first-order valence-electron chi connectivity index (χ1n) is 9.51. The van der Waals surface area contributed by atoms with Gasteiger partial charge < -0.3 is 25.8 Å². The third kappa shape index (κ3) is 5.87. The van der Waals surface area contributed by atoms with Crippen molar-refractivity contribution in [2.45, 2.75) is 13.0 Å². The van der Waals surface area contributed by atoms with E-state index in [1.165, 1.54) is 11.3 Å². The van der Waals surface area contributed by atoms with E-state index in [2.05, 4.69) is 46.3 Å². The fourth-order valence-electron chi connectivity index (χ4n) is 3.33. The van der Waals surface area contributed by atoms with Crippen LogP contribution in [0, 0.1) is 6.92 Å². The number of primary amides is 1. The van der Waals surface area contributed by atoms with Crippen LogP contribution in [0.5, 0.6) is 5.75 Å². The monoisotopic (exact) mass is 384 g/mol. The number of aryl methyl sites for hydroxylation is 1. The molecule has 1 aliphatic heterocycles. The molecule has 2 aromatic carbocycles. The Labute approximate surface area is 165 Å². The first kappa shape index (κ1) is 20.0. The Balaban J connectivity index is 1.39. The van der Waals surface area contributed by atoms with Crippen LogP contribution in [0.3, 0.4) is 0 Å². The number of rotatable bonds is 7. The molecule has 1 aliphatic rings. The molecule has 28 heavy (non-hydrogen) atoms. The van der Waals surface area contributed by atoms with Crippen molar-refractivity contribution < 1.29 is 14.6 Å². The molecule has 0 aliphatic carbocycles. The minimum absolute atomic E-state index is 0.223. The van der Waals surface area contributed by atoms with Gasteiger partial charge in [-0.1, -0.05) is 12.1 Å².